The largest absolute Gasteiger partial charge is 0.330 e. The molecule has 0 aliphatic carbocycles. The molecule has 1 rings (SSSR count). The highest BCUT2D eigenvalue weighted by Crippen LogP contribution is 2.25. The molecule has 0 radical (unpaired) electrons. The fraction of sp³-hybridized carbons (Fsp3) is 0.800. The average Bonchev–Trinajstić information content (AvgIpc) is 2.51. The quantitative estimate of drug-likeness (QED) is 0.768. The van der Waals surface area contributed by atoms with E-state index >= 15 is 0 Å². The lowest BCUT2D eigenvalue weighted by atomic mass is 9.81. The number of nitrogens with two attached hydrogens (primary N) is 1. The zero-order valence-electron chi connectivity index (χ0n) is 9.32. The monoisotopic (exact) mass is 196 g/mol. The maximum atomic E-state index is 5.79. The van der Waals surface area contributed by atoms with E-state index in [2.05, 4.69) is 24.2 Å². The average molecular weight is 196 g/mol. The van der Waals surface area contributed by atoms with Gasteiger partial charge in [-0.25, -0.2) is 0 Å². The van der Waals surface area contributed by atoms with E-state index in [1.165, 1.54) is 0 Å². The minimum absolute atomic E-state index is 0.171. The summed E-state index contributed by atoms with van der Waals surface area (Å²) in [5, 5.41) is 8.01. The molecule has 80 valence electrons. The van der Waals surface area contributed by atoms with Crippen LogP contribution in [-0.2, 0) is 13.5 Å². The highest BCUT2D eigenvalue weighted by Gasteiger charge is 2.23. The van der Waals surface area contributed by atoms with Gasteiger partial charge in [0.15, 0.2) is 0 Å². The highest BCUT2D eigenvalue weighted by atomic mass is 15.4. The maximum absolute atomic E-state index is 5.79. The Morgan fingerprint density at radius 2 is 2.29 bits per heavy atom. The second kappa shape index (κ2) is 4.55. The van der Waals surface area contributed by atoms with Gasteiger partial charge in [0, 0.05) is 13.2 Å². The van der Waals surface area contributed by atoms with Gasteiger partial charge in [0.1, 0.15) is 0 Å². The molecule has 0 bridgehead atoms. The van der Waals surface area contributed by atoms with E-state index in [-0.39, 0.29) is 5.41 Å². The van der Waals surface area contributed by atoms with Crippen LogP contribution in [-0.4, -0.2) is 21.5 Å². The molecule has 0 saturated carbocycles. The van der Waals surface area contributed by atoms with Crippen molar-refractivity contribution >= 4 is 0 Å². The van der Waals surface area contributed by atoms with Gasteiger partial charge in [-0.2, -0.15) is 0 Å². The van der Waals surface area contributed by atoms with Crippen LogP contribution in [0.4, 0.5) is 0 Å². The highest BCUT2D eigenvalue weighted by molar-refractivity contribution is 4.97. The smallest absolute Gasteiger partial charge is 0.0832 e. The molecule has 0 aliphatic heterocycles. The molecule has 14 heavy (non-hydrogen) atoms. The predicted octanol–water partition coefficient (Wildman–Crippen LogP) is 1.12. The Morgan fingerprint density at radius 3 is 2.71 bits per heavy atom. The summed E-state index contributed by atoms with van der Waals surface area (Å²) in [5.41, 5.74) is 7.00. The molecule has 0 aromatic carbocycles. The van der Waals surface area contributed by atoms with Crippen LogP contribution < -0.4 is 5.73 Å². The van der Waals surface area contributed by atoms with Crippen molar-refractivity contribution in [3.63, 3.8) is 0 Å². The van der Waals surface area contributed by atoms with Gasteiger partial charge in [-0.3, -0.25) is 4.68 Å². The van der Waals surface area contributed by atoms with Gasteiger partial charge in [0.05, 0.1) is 5.69 Å². The molecule has 2 N–H and O–H groups in total. The van der Waals surface area contributed by atoms with Gasteiger partial charge in [-0.05, 0) is 24.8 Å². The van der Waals surface area contributed by atoms with Crippen LogP contribution >= 0.6 is 0 Å². The summed E-state index contributed by atoms with van der Waals surface area (Å²) < 4.78 is 1.73. The van der Waals surface area contributed by atoms with E-state index in [0.717, 1.165) is 25.0 Å². The van der Waals surface area contributed by atoms with Gasteiger partial charge in [-0.15, -0.1) is 5.10 Å². The zero-order valence-corrected chi connectivity index (χ0v) is 9.32. The third kappa shape index (κ3) is 2.80. The number of aryl methyl sites for hydroxylation is 1. The van der Waals surface area contributed by atoms with E-state index in [1.54, 1.807) is 4.68 Å². The number of aromatic nitrogens is 3. The van der Waals surface area contributed by atoms with Crippen molar-refractivity contribution in [1.29, 1.82) is 0 Å². The van der Waals surface area contributed by atoms with E-state index in [1.807, 2.05) is 13.2 Å². The summed E-state index contributed by atoms with van der Waals surface area (Å²) in [5.74, 6) is 0. The van der Waals surface area contributed by atoms with Gasteiger partial charge >= 0.3 is 0 Å². The Bertz CT molecular complexity index is 281. The normalized spacial score (nSPS) is 15.4. The molecule has 1 heterocycles. The van der Waals surface area contributed by atoms with Crippen molar-refractivity contribution in [2.75, 3.05) is 6.54 Å². The van der Waals surface area contributed by atoms with Crippen LogP contribution in [0.3, 0.4) is 0 Å². The van der Waals surface area contributed by atoms with Crippen LogP contribution in [0.25, 0.3) is 0 Å². The predicted molar refractivity (Wildman–Crippen MR) is 56.8 cm³/mol. The SMILES string of the molecule is CCCC(C)(CN)Cc1cn(C)nn1. The Balaban J connectivity index is 2.64. The topological polar surface area (TPSA) is 56.7 Å². The standard InChI is InChI=1S/C10H20N4/c1-4-5-10(2,8-11)6-9-7-14(3)13-12-9/h7H,4-6,8,11H2,1-3H3. The molecule has 0 fully saturated rings. The van der Waals surface area contributed by atoms with Crippen molar-refractivity contribution in [3.05, 3.63) is 11.9 Å². The molecule has 4 nitrogen and oxygen atoms in total. The first-order valence-electron chi connectivity index (χ1n) is 5.15. The van der Waals surface area contributed by atoms with Crippen molar-refractivity contribution in [2.24, 2.45) is 18.2 Å². The number of hydrogen-bond donors (Lipinski definition) is 1. The molecule has 0 spiro atoms. The van der Waals surface area contributed by atoms with Gasteiger partial charge < -0.3 is 5.73 Å². The first kappa shape index (κ1) is 11.2. The Kier molecular flexibility index (Phi) is 3.63. The minimum atomic E-state index is 0.171. The van der Waals surface area contributed by atoms with Crippen LogP contribution in [0.2, 0.25) is 0 Å². The summed E-state index contributed by atoms with van der Waals surface area (Å²) >= 11 is 0. The van der Waals surface area contributed by atoms with Crippen LogP contribution in [0, 0.1) is 5.41 Å². The Labute approximate surface area is 85.5 Å². The number of hydrogen-bond acceptors (Lipinski definition) is 3. The minimum Gasteiger partial charge on any atom is -0.330 e. The molecule has 0 saturated heterocycles. The fourth-order valence-electron chi connectivity index (χ4n) is 1.78. The maximum Gasteiger partial charge on any atom is 0.0832 e. The van der Waals surface area contributed by atoms with Gasteiger partial charge in [0.2, 0.25) is 0 Å². The van der Waals surface area contributed by atoms with E-state index in [4.69, 9.17) is 5.73 Å². The summed E-state index contributed by atoms with van der Waals surface area (Å²) in [4.78, 5) is 0. The molecule has 1 aromatic heterocycles. The third-order valence-corrected chi connectivity index (χ3v) is 2.60. The van der Waals surface area contributed by atoms with Crippen molar-refractivity contribution in [2.45, 2.75) is 33.1 Å². The van der Waals surface area contributed by atoms with Crippen molar-refractivity contribution < 1.29 is 0 Å². The molecular formula is C10H20N4. The lowest BCUT2D eigenvalue weighted by molar-refractivity contribution is 0.299. The number of nitrogens with zero attached hydrogens (tertiary/aromatic N) is 3. The van der Waals surface area contributed by atoms with Gasteiger partial charge in [0.25, 0.3) is 0 Å². The Hall–Kier alpha value is -0.900. The summed E-state index contributed by atoms with van der Waals surface area (Å²) in [6.07, 6.45) is 5.18. The molecule has 1 aromatic rings. The van der Waals surface area contributed by atoms with Crippen LogP contribution in [0.5, 0.6) is 0 Å². The van der Waals surface area contributed by atoms with Crippen LogP contribution in [0.1, 0.15) is 32.4 Å². The lowest BCUT2D eigenvalue weighted by Gasteiger charge is -2.26. The van der Waals surface area contributed by atoms with Gasteiger partial charge in [-0.1, -0.05) is 25.5 Å². The molecule has 4 heteroatoms. The number of rotatable bonds is 5. The molecular weight excluding hydrogens is 176 g/mol. The summed E-state index contributed by atoms with van der Waals surface area (Å²) in [6.45, 7) is 5.10. The second-order valence-corrected chi connectivity index (χ2v) is 4.33. The first-order valence-corrected chi connectivity index (χ1v) is 5.15. The third-order valence-electron chi connectivity index (χ3n) is 2.60. The molecule has 1 atom stereocenters. The molecule has 0 aliphatic rings. The second-order valence-electron chi connectivity index (χ2n) is 4.33. The van der Waals surface area contributed by atoms with Crippen molar-refractivity contribution in [1.82, 2.24) is 15.0 Å². The first-order chi connectivity index (χ1) is 6.59. The zero-order chi connectivity index (χ0) is 10.6. The van der Waals surface area contributed by atoms with E-state index in [9.17, 15) is 0 Å². The van der Waals surface area contributed by atoms with E-state index < -0.39 is 0 Å². The lowest BCUT2D eigenvalue weighted by Crippen LogP contribution is -2.29. The molecule has 0 amide bonds. The fourth-order valence-corrected chi connectivity index (χ4v) is 1.78. The van der Waals surface area contributed by atoms with Crippen molar-refractivity contribution in [3.8, 4) is 0 Å². The Morgan fingerprint density at radius 1 is 1.57 bits per heavy atom. The summed E-state index contributed by atoms with van der Waals surface area (Å²) in [6, 6.07) is 0. The van der Waals surface area contributed by atoms with Crippen LogP contribution in [0.15, 0.2) is 6.20 Å². The van der Waals surface area contributed by atoms with E-state index in [0.29, 0.717) is 6.54 Å². The summed E-state index contributed by atoms with van der Waals surface area (Å²) in [7, 11) is 1.89. The molecule has 1 unspecified atom stereocenters.